The molecule has 5 rings (SSSR count). The van der Waals surface area contributed by atoms with Gasteiger partial charge in [-0.25, -0.2) is 4.98 Å². The Morgan fingerprint density at radius 1 is 1.18 bits per heavy atom. The number of thiophene rings is 1. The zero-order valence-corrected chi connectivity index (χ0v) is 20.5. The van der Waals surface area contributed by atoms with Crippen LogP contribution in [0.1, 0.15) is 29.9 Å². The second kappa shape index (κ2) is 9.33. The molecule has 0 spiro atoms. The molecule has 0 saturated carbocycles. The Labute approximate surface area is 201 Å². The van der Waals surface area contributed by atoms with Crippen LogP contribution >= 0.6 is 23.1 Å². The second-order valence-electron chi connectivity index (χ2n) is 8.49. The fourth-order valence-corrected chi connectivity index (χ4v) is 6.25. The summed E-state index contributed by atoms with van der Waals surface area (Å²) in [6.45, 7) is 4.88. The number of thioether (sulfide) groups is 1. The van der Waals surface area contributed by atoms with E-state index in [0.29, 0.717) is 17.7 Å². The van der Waals surface area contributed by atoms with Crippen LogP contribution < -0.4 is 10.3 Å². The Morgan fingerprint density at radius 3 is 2.64 bits per heavy atom. The minimum absolute atomic E-state index is 0.0114. The molecule has 0 bridgehead atoms. The smallest absolute Gasteiger partial charge is 0.267 e. The molecular weight excluding hydrogens is 452 g/mol. The van der Waals surface area contributed by atoms with Crippen molar-refractivity contribution >= 4 is 33.3 Å². The Kier molecular flexibility index (Phi) is 6.27. The number of hydrogen-bond donors (Lipinski definition) is 0. The van der Waals surface area contributed by atoms with Gasteiger partial charge in [0.1, 0.15) is 10.6 Å². The number of benzene rings is 2. The highest BCUT2D eigenvalue weighted by Crippen LogP contribution is 2.36. The molecule has 0 N–H and O–H groups in total. The van der Waals surface area contributed by atoms with Crippen LogP contribution in [0.25, 0.3) is 15.9 Å². The number of methoxy groups -OCH3 is 1. The standard InChI is InChI=1S/C26H26N2O3S2/c1-16(2)21-13-20-22(14-31-21)33-24-23(20)25(29)28(18-9-11-19(30-3)12-10-18)26(27-24)32-15-17-7-5-4-6-8-17/h4-12,16,21H,13-15H2,1-3H3. The van der Waals surface area contributed by atoms with Gasteiger partial charge in [0.05, 0.1) is 30.9 Å². The van der Waals surface area contributed by atoms with E-state index in [9.17, 15) is 4.79 Å². The molecule has 1 atom stereocenters. The van der Waals surface area contributed by atoms with Crippen molar-refractivity contribution in [1.29, 1.82) is 0 Å². The summed E-state index contributed by atoms with van der Waals surface area (Å²) < 4.78 is 13.1. The van der Waals surface area contributed by atoms with Gasteiger partial charge in [-0.2, -0.15) is 0 Å². The SMILES string of the molecule is COc1ccc(-n2c(SCc3ccccc3)nc3sc4c(c3c2=O)CC(C(C)C)OC4)cc1. The first-order valence-electron chi connectivity index (χ1n) is 11.0. The first-order chi connectivity index (χ1) is 16.0. The van der Waals surface area contributed by atoms with Gasteiger partial charge in [0.15, 0.2) is 5.16 Å². The van der Waals surface area contributed by atoms with Crippen molar-refractivity contribution in [3.63, 3.8) is 0 Å². The summed E-state index contributed by atoms with van der Waals surface area (Å²) in [5.41, 5.74) is 3.08. The van der Waals surface area contributed by atoms with E-state index in [2.05, 4.69) is 26.0 Å². The molecule has 170 valence electrons. The average Bonchev–Trinajstić information content (AvgIpc) is 3.21. The van der Waals surface area contributed by atoms with Gasteiger partial charge >= 0.3 is 0 Å². The van der Waals surface area contributed by atoms with E-state index in [1.807, 2.05) is 42.5 Å². The minimum atomic E-state index is -0.0114. The van der Waals surface area contributed by atoms with Gasteiger partial charge in [-0.15, -0.1) is 11.3 Å². The van der Waals surface area contributed by atoms with E-state index in [1.54, 1.807) is 34.8 Å². The normalized spacial score (nSPS) is 15.7. The molecule has 3 heterocycles. The van der Waals surface area contributed by atoms with Gasteiger partial charge in [-0.1, -0.05) is 55.9 Å². The van der Waals surface area contributed by atoms with E-state index >= 15 is 0 Å². The van der Waals surface area contributed by atoms with E-state index in [-0.39, 0.29) is 11.7 Å². The Hall–Kier alpha value is -2.61. The highest BCUT2D eigenvalue weighted by Gasteiger charge is 2.28. The predicted molar refractivity (Wildman–Crippen MR) is 135 cm³/mol. The summed E-state index contributed by atoms with van der Waals surface area (Å²) in [6, 6.07) is 17.8. The molecule has 0 fully saturated rings. The van der Waals surface area contributed by atoms with Crippen molar-refractivity contribution < 1.29 is 9.47 Å². The highest BCUT2D eigenvalue weighted by atomic mass is 32.2. The summed E-state index contributed by atoms with van der Waals surface area (Å²) in [6.07, 6.45) is 0.875. The lowest BCUT2D eigenvalue weighted by atomic mass is 9.96. The summed E-state index contributed by atoms with van der Waals surface area (Å²) in [7, 11) is 1.64. The van der Waals surface area contributed by atoms with Crippen molar-refractivity contribution in [3.05, 3.63) is 81.0 Å². The third-order valence-electron chi connectivity index (χ3n) is 6.00. The molecule has 1 unspecified atom stereocenters. The van der Waals surface area contributed by atoms with Crippen molar-refractivity contribution in [1.82, 2.24) is 9.55 Å². The molecule has 7 heteroatoms. The molecule has 0 radical (unpaired) electrons. The Bertz CT molecular complexity index is 1330. The average molecular weight is 479 g/mol. The summed E-state index contributed by atoms with van der Waals surface area (Å²) in [5.74, 6) is 1.88. The van der Waals surface area contributed by atoms with Crippen LogP contribution in [0.15, 0.2) is 64.5 Å². The number of aromatic nitrogens is 2. The molecule has 1 aliphatic rings. The van der Waals surface area contributed by atoms with E-state index in [1.165, 1.54) is 5.56 Å². The molecule has 0 saturated heterocycles. The summed E-state index contributed by atoms with van der Waals surface area (Å²) in [4.78, 5) is 20.9. The topological polar surface area (TPSA) is 53.4 Å². The van der Waals surface area contributed by atoms with Crippen LogP contribution in [0, 0.1) is 5.92 Å². The van der Waals surface area contributed by atoms with Crippen LogP contribution in [0.4, 0.5) is 0 Å². The van der Waals surface area contributed by atoms with Gasteiger partial charge < -0.3 is 9.47 Å². The molecule has 2 aromatic carbocycles. The van der Waals surface area contributed by atoms with Gasteiger partial charge in [-0.05, 0) is 41.3 Å². The quantitative estimate of drug-likeness (QED) is 0.257. The lowest BCUT2D eigenvalue weighted by Gasteiger charge is -2.26. The van der Waals surface area contributed by atoms with Crippen LogP contribution in [-0.4, -0.2) is 22.8 Å². The maximum Gasteiger partial charge on any atom is 0.267 e. The summed E-state index contributed by atoms with van der Waals surface area (Å²) >= 11 is 3.17. The lowest BCUT2D eigenvalue weighted by molar-refractivity contribution is 0.00200. The molecule has 2 aromatic heterocycles. The van der Waals surface area contributed by atoms with Gasteiger partial charge in [0, 0.05) is 17.1 Å². The van der Waals surface area contributed by atoms with Crippen LogP contribution in [0.5, 0.6) is 5.75 Å². The van der Waals surface area contributed by atoms with Gasteiger partial charge in [0.25, 0.3) is 5.56 Å². The largest absolute Gasteiger partial charge is 0.497 e. The first kappa shape index (κ1) is 22.2. The zero-order valence-electron chi connectivity index (χ0n) is 18.9. The fraction of sp³-hybridized carbons (Fsp3) is 0.308. The first-order valence-corrected chi connectivity index (χ1v) is 12.9. The number of fused-ring (bicyclic) bond motifs is 3. The van der Waals surface area contributed by atoms with E-state index < -0.39 is 0 Å². The van der Waals surface area contributed by atoms with Crippen molar-refractivity contribution in [3.8, 4) is 11.4 Å². The number of hydrogen-bond acceptors (Lipinski definition) is 6. The Balaban J connectivity index is 1.65. The monoisotopic (exact) mass is 478 g/mol. The zero-order chi connectivity index (χ0) is 22.9. The molecule has 4 aromatic rings. The van der Waals surface area contributed by atoms with Crippen molar-refractivity contribution in [2.24, 2.45) is 5.92 Å². The maximum atomic E-state index is 14.0. The van der Waals surface area contributed by atoms with E-state index in [4.69, 9.17) is 14.5 Å². The van der Waals surface area contributed by atoms with Crippen molar-refractivity contribution in [2.75, 3.05) is 7.11 Å². The van der Waals surface area contributed by atoms with Gasteiger partial charge in [-0.3, -0.25) is 9.36 Å². The van der Waals surface area contributed by atoms with Crippen LogP contribution in [-0.2, 0) is 23.5 Å². The molecule has 1 aliphatic heterocycles. The van der Waals surface area contributed by atoms with Crippen LogP contribution in [0.3, 0.4) is 0 Å². The van der Waals surface area contributed by atoms with Gasteiger partial charge in [0.2, 0.25) is 0 Å². The molecule has 5 nitrogen and oxygen atoms in total. The molecule has 0 amide bonds. The summed E-state index contributed by atoms with van der Waals surface area (Å²) in [5, 5.41) is 1.44. The molecular formula is C26H26N2O3S2. The van der Waals surface area contributed by atoms with Crippen molar-refractivity contribution in [2.45, 2.75) is 43.9 Å². The number of ether oxygens (including phenoxy) is 2. The van der Waals surface area contributed by atoms with Crippen LogP contribution in [0.2, 0.25) is 0 Å². The Morgan fingerprint density at radius 2 is 1.94 bits per heavy atom. The minimum Gasteiger partial charge on any atom is -0.497 e. The molecule has 0 aliphatic carbocycles. The number of rotatable bonds is 6. The number of nitrogens with zero attached hydrogens (tertiary/aromatic N) is 2. The third-order valence-corrected chi connectivity index (χ3v) is 8.11. The molecule has 33 heavy (non-hydrogen) atoms. The highest BCUT2D eigenvalue weighted by molar-refractivity contribution is 7.98. The fourth-order valence-electron chi connectivity index (χ4n) is 4.11. The predicted octanol–water partition coefficient (Wildman–Crippen LogP) is 5.85. The third kappa shape index (κ3) is 4.33. The second-order valence-corrected chi connectivity index (χ2v) is 10.5. The lowest BCUT2D eigenvalue weighted by Crippen LogP contribution is -2.28. The van der Waals surface area contributed by atoms with E-state index in [0.717, 1.165) is 44.3 Å². The maximum absolute atomic E-state index is 14.0.